The Labute approximate surface area is 85.8 Å². The van der Waals surface area contributed by atoms with Gasteiger partial charge < -0.3 is 14.5 Å². The van der Waals surface area contributed by atoms with Crippen LogP contribution in [0.2, 0.25) is 0 Å². The van der Waals surface area contributed by atoms with Crippen molar-refractivity contribution >= 4 is 5.97 Å². The molecule has 5 nitrogen and oxygen atoms in total. The molecular formula is C10H10N2O3. The van der Waals surface area contributed by atoms with E-state index in [1.807, 2.05) is 19.1 Å². The lowest BCUT2D eigenvalue weighted by Gasteiger charge is -1.90. The minimum atomic E-state index is -0.911. The standard InChI is InChI=1S/C10H10N2O3/c1-6-2-3-8(15-6)7-5-11-9(12-7)4-10(13)14/h2-3,5H,4H2,1H3,(H,11,12)(H,13,14). The molecular weight excluding hydrogens is 196 g/mol. The van der Waals surface area contributed by atoms with E-state index in [9.17, 15) is 4.79 Å². The summed E-state index contributed by atoms with van der Waals surface area (Å²) in [6, 6.07) is 3.65. The van der Waals surface area contributed by atoms with E-state index in [-0.39, 0.29) is 6.42 Å². The third-order valence-electron chi connectivity index (χ3n) is 1.95. The van der Waals surface area contributed by atoms with Crippen molar-refractivity contribution in [3.63, 3.8) is 0 Å². The van der Waals surface area contributed by atoms with Gasteiger partial charge in [-0.15, -0.1) is 0 Å². The fourth-order valence-electron chi connectivity index (χ4n) is 1.30. The molecule has 2 heterocycles. The van der Waals surface area contributed by atoms with E-state index < -0.39 is 5.97 Å². The molecule has 0 unspecified atom stereocenters. The van der Waals surface area contributed by atoms with Crippen molar-refractivity contribution < 1.29 is 14.3 Å². The third-order valence-corrected chi connectivity index (χ3v) is 1.95. The third kappa shape index (κ3) is 2.07. The van der Waals surface area contributed by atoms with Crippen LogP contribution in [0.3, 0.4) is 0 Å². The van der Waals surface area contributed by atoms with E-state index in [2.05, 4.69) is 9.97 Å². The van der Waals surface area contributed by atoms with E-state index in [4.69, 9.17) is 9.52 Å². The van der Waals surface area contributed by atoms with Crippen LogP contribution in [0, 0.1) is 6.92 Å². The molecule has 0 radical (unpaired) electrons. The van der Waals surface area contributed by atoms with Crippen LogP contribution >= 0.6 is 0 Å². The summed E-state index contributed by atoms with van der Waals surface area (Å²) in [6.45, 7) is 1.85. The first-order chi connectivity index (χ1) is 7.15. The number of nitrogens with one attached hydrogen (secondary N) is 1. The predicted octanol–water partition coefficient (Wildman–Crippen LogP) is 1.61. The summed E-state index contributed by atoms with van der Waals surface area (Å²) in [7, 11) is 0. The monoisotopic (exact) mass is 206 g/mol. The van der Waals surface area contributed by atoms with Gasteiger partial charge in [0.25, 0.3) is 0 Å². The highest BCUT2D eigenvalue weighted by Gasteiger charge is 2.08. The number of hydrogen-bond donors (Lipinski definition) is 2. The number of furan rings is 1. The second kappa shape index (κ2) is 3.61. The van der Waals surface area contributed by atoms with Crippen LogP contribution in [0.5, 0.6) is 0 Å². The van der Waals surface area contributed by atoms with E-state index in [0.717, 1.165) is 5.76 Å². The first kappa shape index (κ1) is 9.51. The summed E-state index contributed by atoms with van der Waals surface area (Å²) in [4.78, 5) is 17.3. The van der Waals surface area contributed by atoms with Crippen molar-refractivity contribution in [3.8, 4) is 11.5 Å². The zero-order valence-corrected chi connectivity index (χ0v) is 8.15. The molecule has 0 aromatic carbocycles. The van der Waals surface area contributed by atoms with E-state index in [1.165, 1.54) is 0 Å². The Bertz CT molecular complexity index is 484. The molecule has 0 aliphatic heterocycles. The zero-order valence-electron chi connectivity index (χ0n) is 8.15. The van der Waals surface area contributed by atoms with Gasteiger partial charge in [0.05, 0.1) is 6.20 Å². The van der Waals surface area contributed by atoms with Crippen molar-refractivity contribution in [3.05, 3.63) is 29.9 Å². The number of hydrogen-bond acceptors (Lipinski definition) is 3. The molecule has 15 heavy (non-hydrogen) atoms. The van der Waals surface area contributed by atoms with Crippen LogP contribution < -0.4 is 0 Å². The van der Waals surface area contributed by atoms with E-state index in [1.54, 1.807) is 6.20 Å². The van der Waals surface area contributed by atoms with Crippen molar-refractivity contribution in [2.45, 2.75) is 13.3 Å². The number of nitrogens with zero attached hydrogens (tertiary/aromatic N) is 1. The normalized spacial score (nSPS) is 10.5. The second-order valence-electron chi connectivity index (χ2n) is 3.22. The Kier molecular flexibility index (Phi) is 2.29. The summed E-state index contributed by atoms with van der Waals surface area (Å²) in [5.74, 6) is 0.981. The highest BCUT2D eigenvalue weighted by Crippen LogP contribution is 2.19. The maximum atomic E-state index is 10.4. The molecule has 78 valence electrons. The highest BCUT2D eigenvalue weighted by atomic mass is 16.4. The van der Waals surface area contributed by atoms with Crippen molar-refractivity contribution in [2.24, 2.45) is 0 Å². The van der Waals surface area contributed by atoms with Crippen molar-refractivity contribution in [1.82, 2.24) is 9.97 Å². The highest BCUT2D eigenvalue weighted by molar-refractivity contribution is 5.69. The summed E-state index contributed by atoms with van der Waals surface area (Å²) >= 11 is 0. The van der Waals surface area contributed by atoms with Gasteiger partial charge in [0.2, 0.25) is 0 Å². The average molecular weight is 206 g/mol. The Morgan fingerprint density at radius 3 is 3.00 bits per heavy atom. The largest absolute Gasteiger partial charge is 0.481 e. The number of aromatic amines is 1. The van der Waals surface area contributed by atoms with Crippen LogP contribution in [0.15, 0.2) is 22.7 Å². The van der Waals surface area contributed by atoms with Crippen molar-refractivity contribution in [1.29, 1.82) is 0 Å². The molecule has 2 N–H and O–H groups in total. The van der Waals surface area contributed by atoms with Gasteiger partial charge >= 0.3 is 5.97 Å². The number of carboxylic acid groups (broad SMARTS) is 1. The Morgan fingerprint density at radius 2 is 2.40 bits per heavy atom. The molecule has 0 atom stereocenters. The molecule has 0 fully saturated rings. The number of imidazole rings is 1. The summed E-state index contributed by atoms with van der Waals surface area (Å²) in [6.07, 6.45) is 1.45. The number of aliphatic carboxylic acids is 1. The fraction of sp³-hybridized carbons (Fsp3) is 0.200. The lowest BCUT2D eigenvalue weighted by atomic mass is 10.3. The first-order valence-electron chi connectivity index (χ1n) is 4.47. The lowest BCUT2D eigenvalue weighted by molar-refractivity contribution is -0.136. The topological polar surface area (TPSA) is 79.1 Å². The number of H-pyrrole nitrogens is 1. The van der Waals surface area contributed by atoms with Crippen LogP contribution in [0.1, 0.15) is 11.6 Å². The summed E-state index contributed by atoms with van der Waals surface area (Å²) < 4.78 is 5.37. The maximum Gasteiger partial charge on any atom is 0.311 e. The van der Waals surface area contributed by atoms with Crippen LogP contribution in [-0.2, 0) is 11.2 Å². The van der Waals surface area contributed by atoms with E-state index >= 15 is 0 Å². The summed E-state index contributed by atoms with van der Waals surface area (Å²) in [5.41, 5.74) is 0.694. The van der Waals surface area contributed by atoms with Gasteiger partial charge in [-0.05, 0) is 19.1 Å². The van der Waals surface area contributed by atoms with Crippen molar-refractivity contribution in [2.75, 3.05) is 0 Å². The average Bonchev–Trinajstić information content (AvgIpc) is 2.72. The van der Waals surface area contributed by atoms with E-state index in [0.29, 0.717) is 17.3 Å². The molecule has 0 aliphatic rings. The predicted molar refractivity (Wildman–Crippen MR) is 52.4 cm³/mol. The second-order valence-corrected chi connectivity index (χ2v) is 3.22. The fourth-order valence-corrected chi connectivity index (χ4v) is 1.30. The molecule has 2 aromatic rings. The molecule has 0 bridgehead atoms. The number of carbonyl (C=O) groups is 1. The molecule has 2 rings (SSSR count). The Balaban J connectivity index is 2.23. The molecule has 0 spiro atoms. The molecule has 0 saturated heterocycles. The van der Waals surface area contributed by atoms with Gasteiger partial charge in [-0.25, -0.2) is 4.98 Å². The van der Waals surface area contributed by atoms with Gasteiger partial charge in [0.1, 0.15) is 23.7 Å². The molecule has 0 amide bonds. The minimum absolute atomic E-state index is 0.111. The number of carboxylic acids is 1. The van der Waals surface area contributed by atoms with Gasteiger partial charge in [-0.2, -0.15) is 0 Å². The van der Waals surface area contributed by atoms with Crippen LogP contribution in [0.25, 0.3) is 11.5 Å². The molecule has 5 heteroatoms. The minimum Gasteiger partial charge on any atom is -0.481 e. The smallest absolute Gasteiger partial charge is 0.311 e. The SMILES string of the molecule is Cc1ccc(-c2cnc(CC(=O)O)[nH]2)o1. The van der Waals surface area contributed by atoms with Crippen LogP contribution in [-0.4, -0.2) is 21.0 Å². The van der Waals surface area contributed by atoms with Crippen LogP contribution in [0.4, 0.5) is 0 Å². The first-order valence-corrected chi connectivity index (χ1v) is 4.47. The molecule has 2 aromatic heterocycles. The van der Waals surface area contributed by atoms with Gasteiger partial charge in [0.15, 0.2) is 5.76 Å². The number of rotatable bonds is 3. The lowest BCUT2D eigenvalue weighted by Crippen LogP contribution is -2.01. The number of aryl methyl sites for hydroxylation is 1. The quantitative estimate of drug-likeness (QED) is 0.799. The number of aromatic nitrogens is 2. The van der Waals surface area contributed by atoms with Gasteiger partial charge in [-0.3, -0.25) is 4.79 Å². The van der Waals surface area contributed by atoms with Gasteiger partial charge in [0, 0.05) is 0 Å². The molecule has 0 saturated carbocycles. The Hall–Kier alpha value is -2.04. The molecule has 0 aliphatic carbocycles. The summed E-state index contributed by atoms with van der Waals surface area (Å²) in [5, 5.41) is 8.57. The van der Waals surface area contributed by atoms with Gasteiger partial charge in [-0.1, -0.05) is 0 Å². The zero-order chi connectivity index (χ0) is 10.8. The Morgan fingerprint density at radius 1 is 1.60 bits per heavy atom. The maximum absolute atomic E-state index is 10.4.